The predicted molar refractivity (Wildman–Crippen MR) is 151 cm³/mol. The van der Waals surface area contributed by atoms with Gasteiger partial charge in [0.2, 0.25) is 5.56 Å². The maximum absolute atomic E-state index is 15.9. The van der Waals surface area contributed by atoms with Crippen LogP contribution in [0.2, 0.25) is 0 Å². The van der Waals surface area contributed by atoms with Crippen molar-refractivity contribution in [2.24, 2.45) is 0 Å². The second-order valence-electron chi connectivity index (χ2n) is 10.8. The lowest BCUT2D eigenvalue weighted by atomic mass is 9.93. The van der Waals surface area contributed by atoms with Gasteiger partial charge in [-0.25, -0.2) is 18.7 Å². The van der Waals surface area contributed by atoms with Gasteiger partial charge >= 0.3 is 6.18 Å². The molecule has 1 aromatic carbocycles. The van der Waals surface area contributed by atoms with E-state index in [0.717, 1.165) is 12.4 Å². The van der Waals surface area contributed by atoms with Gasteiger partial charge in [-0.2, -0.15) is 13.2 Å². The molecule has 0 spiro atoms. The van der Waals surface area contributed by atoms with Gasteiger partial charge in [-0.05, 0) is 45.0 Å². The lowest BCUT2D eigenvalue weighted by molar-refractivity contribution is -0.138. The summed E-state index contributed by atoms with van der Waals surface area (Å²) in [5, 5.41) is 5.74. The summed E-state index contributed by atoms with van der Waals surface area (Å²) in [4.78, 5) is 39.2. The Kier molecular flexibility index (Phi) is 8.34. The number of pyridine rings is 1. The minimum atomic E-state index is -4.96. The molecule has 1 unspecified atom stereocenters. The second-order valence-corrected chi connectivity index (χ2v) is 10.8. The van der Waals surface area contributed by atoms with Crippen LogP contribution >= 0.6 is 0 Å². The summed E-state index contributed by atoms with van der Waals surface area (Å²) >= 11 is 0. The van der Waals surface area contributed by atoms with Gasteiger partial charge in [0.25, 0.3) is 5.91 Å². The van der Waals surface area contributed by atoms with Crippen LogP contribution in [0.1, 0.15) is 53.6 Å². The third kappa shape index (κ3) is 6.44. The third-order valence-corrected chi connectivity index (χ3v) is 7.94. The highest BCUT2D eigenvalue weighted by Crippen LogP contribution is 2.38. The van der Waals surface area contributed by atoms with Crippen molar-refractivity contribution < 1.29 is 26.7 Å². The first-order chi connectivity index (χ1) is 20.3. The SMILES string of the molecule is C[C@@H]1CN(c2cc(F)c(C3=CCNC(c4ncc(F)cn4)C3)cc2NC(=O)c2c[nH]c(=O)cc2C(F)(F)F)C[C@H](C)N1C. The van der Waals surface area contributed by atoms with Gasteiger partial charge in [-0.3, -0.25) is 14.5 Å². The molecule has 0 aliphatic carbocycles. The maximum atomic E-state index is 15.9. The normalized spacial score (nSPS) is 21.4. The van der Waals surface area contributed by atoms with Gasteiger partial charge in [0.1, 0.15) is 11.6 Å². The highest BCUT2D eigenvalue weighted by Gasteiger charge is 2.36. The molecular formula is C29H30F5N7O2. The van der Waals surface area contributed by atoms with Crippen LogP contribution in [0.3, 0.4) is 0 Å². The number of halogens is 5. The molecule has 2 aromatic heterocycles. The van der Waals surface area contributed by atoms with Crippen molar-refractivity contribution in [1.29, 1.82) is 0 Å². The Hall–Kier alpha value is -4.17. The first-order valence-electron chi connectivity index (χ1n) is 13.6. The number of benzene rings is 1. The number of rotatable bonds is 5. The van der Waals surface area contributed by atoms with Gasteiger partial charge in [-0.1, -0.05) is 6.08 Å². The Bertz CT molecular complexity index is 1590. The molecule has 0 saturated carbocycles. The number of nitrogens with one attached hydrogen (secondary N) is 3. The second kappa shape index (κ2) is 11.8. The number of likely N-dealkylation sites (N-methyl/N-ethyl adjacent to an activating group) is 1. The number of anilines is 2. The van der Waals surface area contributed by atoms with Gasteiger partial charge in [0.05, 0.1) is 40.9 Å². The molecule has 3 aromatic rings. The predicted octanol–water partition coefficient (Wildman–Crippen LogP) is 4.36. The van der Waals surface area contributed by atoms with Gasteiger partial charge < -0.3 is 20.5 Å². The van der Waals surface area contributed by atoms with E-state index in [9.17, 15) is 27.2 Å². The molecule has 5 rings (SSSR count). The van der Waals surface area contributed by atoms with E-state index in [2.05, 4.69) is 30.5 Å². The quantitative estimate of drug-likeness (QED) is 0.372. The number of nitrogens with zero attached hydrogens (tertiary/aromatic N) is 4. The van der Waals surface area contributed by atoms with Crippen molar-refractivity contribution in [2.45, 2.75) is 44.6 Å². The van der Waals surface area contributed by atoms with E-state index in [4.69, 9.17) is 0 Å². The Morgan fingerprint density at radius 1 is 1.07 bits per heavy atom. The highest BCUT2D eigenvalue weighted by molar-refractivity contribution is 6.07. The summed E-state index contributed by atoms with van der Waals surface area (Å²) in [5.41, 5.74) is -2.06. The summed E-state index contributed by atoms with van der Waals surface area (Å²) in [6.45, 7) is 5.28. The lowest BCUT2D eigenvalue weighted by Gasteiger charge is -2.44. The zero-order valence-electron chi connectivity index (χ0n) is 23.6. The molecule has 4 heterocycles. The number of amides is 1. The Morgan fingerprint density at radius 3 is 2.40 bits per heavy atom. The molecule has 9 nitrogen and oxygen atoms in total. The molecular weight excluding hydrogens is 573 g/mol. The molecule has 3 atom stereocenters. The number of aromatic nitrogens is 3. The number of piperazine rings is 1. The topological polar surface area (TPSA) is 106 Å². The van der Waals surface area contributed by atoms with E-state index in [1.807, 2.05) is 25.8 Å². The van der Waals surface area contributed by atoms with Crippen LogP contribution in [-0.2, 0) is 6.18 Å². The van der Waals surface area contributed by atoms with Crippen LogP contribution in [0.4, 0.5) is 33.3 Å². The molecule has 2 aliphatic heterocycles. The monoisotopic (exact) mass is 603 g/mol. The number of carbonyl (C=O) groups is 1. The molecule has 0 bridgehead atoms. The molecule has 43 heavy (non-hydrogen) atoms. The van der Waals surface area contributed by atoms with E-state index in [1.54, 1.807) is 6.08 Å². The van der Waals surface area contributed by atoms with E-state index in [0.29, 0.717) is 49.0 Å². The smallest absolute Gasteiger partial charge is 0.367 e. The number of alkyl halides is 3. The Balaban J connectivity index is 1.55. The number of hydrogen-bond donors (Lipinski definition) is 3. The lowest BCUT2D eigenvalue weighted by Crippen LogP contribution is -2.55. The van der Waals surface area contributed by atoms with Gasteiger partial charge in [0.15, 0.2) is 5.82 Å². The number of H-pyrrole nitrogens is 1. The fraction of sp³-hybridized carbons (Fsp3) is 0.379. The van der Waals surface area contributed by atoms with E-state index in [-0.39, 0.29) is 29.8 Å². The van der Waals surface area contributed by atoms with Crippen LogP contribution < -0.4 is 21.1 Å². The van der Waals surface area contributed by atoms with Crippen molar-refractivity contribution in [3.63, 3.8) is 0 Å². The zero-order valence-corrected chi connectivity index (χ0v) is 23.6. The number of aromatic amines is 1. The van der Waals surface area contributed by atoms with Crippen molar-refractivity contribution in [3.8, 4) is 0 Å². The fourth-order valence-electron chi connectivity index (χ4n) is 5.46. The Morgan fingerprint density at radius 2 is 1.74 bits per heavy atom. The summed E-state index contributed by atoms with van der Waals surface area (Å²) in [7, 11) is 1.97. The molecule has 1 fully saturated rings. The van der Waals surface area contributed by atoms with Crippen molar-refractivity contribution in [3.05, 3.63) is 87.4 Å². The van der Waals surface area contributed by atoms with Crippen molar-refractivity contribution >= 4 is 22.9 Å². The summed E-state index contributed by atoms with van der Waals surface area (Å²) < 4.78 is 70.4. The fourth-order valence-corrected chi connectivity index (χ4v) is 5.46. The molecule has 1 saturated heterocycles. The van der Waals surface area contributed by atoms with E-state index in [1.165, 1.54) is 12.1 Å². The molecule has 228 valence electrons. The zero-order chi connectivity index (χ0) is 31.1. The van der Waals surface area contributed by atoms with E-state index >= 15 is 4.39 Å². The Labute approximate surface area is 243 Å². The number of hydrogen-bond acceptors (Lipinski definition) is 7. The first kappa shape index (κ1) is 30.3. The minimum Gasteiger partial charge on any atom is -0.367 e. The van der Waals surface area contributed by atoms with Crippen LogP contribution in [0.15, 0.2) is 47.7 Å². The standard InChI is InChI=1S/C29H30F5N7O2/c1-15-13-41(14-16(2)40(15)3)25-9-22(31)19(17-4-5-35-24(6-17)27-37-10-18(30)11-38-27)7-23(25)39-28(43)20-12-36-26(42)8-21(20)29(32,33)34/h4,7-12,15-16,24,35H,5-6,13-14H2,1-3H3,(H,36,42)(H,39,43)/t15-,16+,24?. The average molecular weight is 604 g/mol. The summed E-state index contributed by atoms with van der Waals surface area (Å²) in [5.74, 6) is -1.98. The number of carbonyl (C=O) groups excluding carboxylic acids is 1. The molecule has 3 N–H and O–H groups in total. The maximum Gasteiger partial charge on any atom is 0.417 e. The molecule has 14 heteroatoms. The largest absolute Gasteiger partial charge is 0.417 e. The highest BCUT2D eigenvalue weighted by atomic mass is 19.4. The van der Waals surface area contributed by atoms with E-state index < -0.39 is 46.4 Å². The molecule has 2 aliphatic rings. The summed E-state index contributed by atoms with van der Waals surface area (Å²) in [6.07, 6.45) is -0.182. The van der Waals surface area contributed by atoms with Crippen LogP contribution in [0.5, 0.6) is 0 Å². The minimum absolute atomic E-state index is 0.0645. The van der Waals surface area contributed by atoms with Crippen LogP contribution in [0.25, 0.3) is 5.57 Å². The average Bonchev–Trinajstić information content (AvgIpc) is 2.96. The third-order valence-electron chi connectivity index (χ3n) is 7.94. The van der Waals surface area contributed by atoms with Crippen LogP contribution in [-0.4, -0.2) is 64.5 Å². The molecule has 1 amide bonds. The first-order valence-corrected chi connectivity index (χ1v) is 13.6. The molecule has 0 radical (unpaired) electrons. The summed E-state index contributed by atoms with van der Waals surface area (Å²) in [6, 6.07) is 2.69. The van der Waals surface area contributed by atoms with Gasteiger partial charge in [0, 0.05) is 49.5 Å². The van der Waals surface area contributed by atoms with Crippen molar-refractivity contribution in [1.82, 2.24) is 25.2 Å². The van der Waals surface area contributed by atoms with Crippen molar-refractivity contribution in [2.75, 3.05) is 36.9 Å². The van der Waals surface area contributed by atoms with Crippen LogP contribution in [0, 0.1) is 11.6 Å². The van der Waals surface area contributed by atoms with Gasteiger partial charge in [-0.15, -0.1) is 0 Å².